The zero-order valence-corrected chi connectivity index (χ0v) is 31.4. The molecule has 2 heteroatoms. The van der Waals surface area contributed by atoms with Crippen LogP contribution in [0, 0.1) is 0 Å². The van der Waals surface area contributed by atoms with Gasteiger partial charge in [-0.25, -0.2) is 0 Å². The molecule has 262 valence electrons. The monoisotopic (exact) mass is 729 g/mol. The number of anilines is 3. The molecule has 0 aliphatic rings. The minimum Gasteiger partial charge on any atom is -0.310 e. The largest absolute Gasteiger partial charge is 0.310 e. The van der Waals surface area contributed by atoms with Gasteiger partial charge < -0.3 is 4.90 Å². The summed E-state index contributed by atoms with van der Waals surface area (Å²) in [6.07, 6.45) is 0. The molecule has 0 aliphatic heterocycles. The van der Waals surface area contributed by atoms with E-state index in [0.717, 1.165) is 17.1 Å². The molecule has 56 heavy (non-hydrogen) atoms. The summed E-state index contributed by atoms with van der Waals surface area (Å²) in [7, 11) is 0. The third kappa shape index (κ3) is 5.46. The van der Waals surface area contributed by atoms with Crippen molar-refractivity contribution in [3.8, 4) is 33.4 Å². The molecule has 1 heterocycles. The van der Waals surface area contributed by atoms with Crippen LogP contribution in [0.5, 0.6) is 0 Å². The summed E-state index contributed by atoms with van der Waals surface area (Å²) in [4.78, 5) is 2.44. The summed E-state index contributed by atoms with van der Waals surface area (Å²) in [5.41, 5.74) is 10.6. The predicted molar refractivity (Wildman–Crippen MR) is 243 cm³/mol. The first kappa shape index (κ1) is 32.4. The van der Waals surface area contributed by atoms with Gasteiger partial charge in [-0.3, -0.25) is 0 Å². The second-order valence-corrected chi connectivity index (χ2v) is 15.6. The zero-order valence-electron chi connectivity index (χ0n) is 30.6. The number of rotatable bonds is 6. The Hall–Kier alpha value is -7.00. The summed E-state index contributed by atoms with van der Waals surface area (Å²) in [6, 6.07) is 77.8. The number of fused-ring (bicyclic) bond motifs is 7. The Morgan fingerprint density at radius 1 is 0.286 bits per heavy atom. The lowest BCUT2D eigenvalue weighted by Crippen LogP contribution is -2.11. The van der Waals surface area contributed by atoms with Crippen LogP contribution in [-0.2, 0) is 0 Å². The summed E-state index contributed by atoms with van der Waals surface area (Å²) < 4.78 is 2.60. The zero-order chi connectivity index (χ0) is 37.0. The van der Waals surface area contributed by atoms with E-state index in [1.165, 1.54) is 85.9 Å². The molecule has 11 aromatic rings. The Morgan fingerprint density at radius 2 is 0.875 bits per heavy atom. The maximum absolute atomic E-state index is 2.44. The Morgan fingerprint density at radius 3 is 1.73 bits per heavy atom. The van der Waals surface area contributed by atoms with E-state index in [9.17, 15) is 0 Å². The van der Waals surface area contributed by atoms with Crippen LogP contribution in [0.1, 0.15) is 0 Å². The van der Waals surface area contributed by atoms with E-state index < -0.39 is 0 Å². The van der Waals surface area contributed by atoms with Crippen LogP contribution in [0.3, 0.4) is 0 Å². The molecule has 0 saturated carbocycles. The molecular formula is C54H35NS. The Balaban J connectivity index is 1.09. The lowest BCUT2D eigenvalue weighted by atomic mass is 9.93. The van der Waals surface area contributed by atoms with Crippen LogP contribution in [0.15, 0.2) is 212 Å². The third-order valence-corrected chi connectivity index (χ3v) is 12.4. The molecule has 10 aromatic carbocycles. The van der Waals surface area contributed by atoms with Gasteiger partial charge in [0.25, 0.3) is 0 Å². The molecule has 0 radical (unpaired) electrons. The van der Waals surface area contributed by atoms with Crippen LogP contribution >= 0.6 is 11.3 Å². The van der Waals surface area contributed by atoms with Crippen LogP contribution in [0.4, 0.5) is 17.1 Å². The Bertz CT molecular complexity index is 3260. The van der Waals surface area contributed by atoms with Crippen molar-refractivity contribution in [3.05, 3.63) is 212 Å². The van der Waals surface area contributed by atoms with E-state index in [1.54, 1.807) is 0 Å². The van der Waals surface area contributed by atoms with Crippen molar-refractivity contribution in [3.63, 3.8) is 0 Å². The number of hydrogen-bond donors (Lipinski definition) is 0. The van der Waals surface area contributed by atoms with Gasteiger partial charge in [0.1, 0.15) is 0 Å². The SMILES string of the molecule is c1cc(-c2ccccc2N(c2ccc(-c3cc4ccccc4c4ccccc34)cc2)c2ccc3sc4ccccc4c3c2)cc(-c2cccc3ccccc23)c1. The molecule has 0 aliphatic carbocycles. The average Bonchev–Trinajstić information content (AvgIpc) is 3.65. The topological polar surface area (TPSA) is 3.24 Å². The van der Waals surface area contributed by atoms with Gasteiger partial charge in [0, 0.05) is 37.1 Å². The minimum absolute atomic E-state index is 1.11. The number of para-hydroxylation sites is 1. The number of thiophene rings is 1. The van der Waals surface area contributed by atoms with E-state index in [1.807, 2.05) is 11.3 Å². The van der Waals surface area contributed by atoms with Gasteiger partial charge in [0.05, 0.1) is 5.69 Å². The highest BCUT2D eigenvalue weighted by atomic mass is 32.1. The van der Waals surface area contributed by atoms with E-state index in [-0.39, 0.29) is 0 Å². The van der Waals surface area contributed by atoms with Crippen molar-refractivity contribution in [1.29, 1.82) is 0 Å². The molecule has 0 atom stereocenters. The molecule has 0 spiro atoms. The molecule has 1 aromatic heterocycles. The predicted octanol–water partition coefficient (Wildman–Crippen LogP) is 16.0. The normalized spacial score (nSPS) is 11.6. The fourth-order valence-electron chi connectivity index (χ4n) is 8.61. The van der Waals surface area contributed by atoms with Crippen molar-refractivity contribution in [1.82, 2.24) is 0 Å². The first-order valence-electron chi connectivity index (χ1n) is 19.2. The van der Waals surface area contributed by atoms with E-state index in [0.29, 0.717) is 0 Å². The molecule has 0 bridgehead atoms. The maximum Gasteiger partial charge on any atom is 0.0540 e. The van der Waals surface area contributed by atoms with Gasteiger partial charge >= 0.3 is 0 Å². The highest BCUT2D eigenvalue weighted by Gasteiger charge is 2.20. The average molecular weight is 730 g/mol. The van der Waals surface area contributed by atoms with Crippen molar-refractivity contribution >= 4 is 80.9 Å². The van der Waals surface area contributed by atoms with Crippen LogP contribution in [-0.4, -0.2) is 0 Å². The van der Waals surface area contributed by atoms with E-state index in [4.69, 9.17) is 0 Å². The van der Waals surface area contributed by atoms with Crippen LogP contribution < -0.4 is 4.90 Å². The highest BCUT2D eigenvalue weighted by Crippen LogP contribution is 2.45. The summed E-state index contributed by atoms with van der Waals surface area (Å²) >= 11 is 1.86. The molecule has 0 saturated heterocycles. The number of hydrogen-bond acceptors (Lipinski definition) is 2. The summed E-state index contributed by atoms with van der Waals surface area (Å²) in [5, 5.41) is 10.2. The molecule has 1 nitrogen and oxygen atoms in total. The van der Waals surface area contributed by atoms with E-state index >= 15 is 0 Å². The first-order valence-corrected chi connectivity index (χ1v) is 20.0. The number of nitrogens with zero attached hydrogens (tertiary/aromatic N) is 1. The standard InChI is InChI=1S/C54H35NS/c1-3-18-43-36(13-1)15-12-24-44(43)38-16-11-17-39(33-38)46-20-7-9-25-52(46)55(42-31-32-54-51(35-42)49-23-8-10-26-53(49)56-54)41-29-27-37(28-30-41)50-34-40-14-2-4-19-45(40)47-21-5-6-22-48(47)50/h1-35H. The van der Waals surface area contributed by atoms with E-state index in [2.05, 4.69) is 217 Å². The highest BCUT2D eigenvalue weighted by molar-refractivity contribution is 7.25. The minimum atomic E-state index is 1.11. The second-order valence-electron chi connectivity index (χ2n) is 14.5. The van der Waals surface area contributed by atoms with Crippen LogP contribution in [0.25, 0.3) is 85.9 Å². The van der Waals surface area contributed by atoms with Crippen molar-refractivity contribution in [2.75, 3.05) is 4.90 Å². The maximum atomic E-state index is 2.44. The second kappa shape index (κ2) is 13.4. The van der Waals surface area contributed by atoms with Crippen molar-refractivity contribution in [2.45, 2.75) is 0 Å². The molecule has 0 fully saturated rings. The molecule has 0 N–H and O–H groups in total. The van der Waals surface area contributed by atoms with Gasteiger partial charge in [-0.2, -0.15) is 0 Å². The fraction of sp³-hybridized carbons (Fsp3) is 0. The Kier molecular flexibility index (Phi) is 7.75. The lowest BCUT2D eigenvalue weighted by molar-refractivity contribution is 1.29. The fourth-order valence-corrected chi connectivity index (χ4v) is 9.69. The third-order valence-electron chi connectivity index (χ3n) is 11.2. The van der Waals surface area contributed by atoms with Crippen molar-refractivity contribution < 1.29 is 0 Å². The number of benzene rings is 10. The molecule has 0 unspecified atom stereocenters. The molecule has 11 rings (SSSR count). The molecule has 0 amide bonds. The van der Waals surface area contributed by atoms with Gasteiger partial charge in [-0.05, 0) is 115 Å². The quantitative estimate of drug-likeness (QED) is 0.154. The van der Waals surface area contributed by atoms with Gasteiger partial charge in [-0.15, -0.1) is 11.3 Å². The summed E-state index contributed by atoms with van der Waals surface area (Å²) in [6.45, 7) is 0. The smallest absolute Gasteiger partial charge is 0.0540 e. The first-order chi connectivity index (χ1) is 27.8. The Labute approximate surface area is 330 Å². The lowest BCUT2D eigenvalue weighted by Gasteiger charge is -2.28. The van der Waals surface area contributed by atoms with Crippen molar-refractivity contribution in [2.24, 2.45) is 0 Å². The van der Waals surface area contributed by atoms with Crippen LogP contribution in [0.2, 0.25) is 0 Å². The van der Waals surface area contributed by atoms with Gasteiger partial charge in [0.15, 0.2) is 0 Å². The molecular weight excluding hydrogens is 695 g/mol. The summed E-state index contributed by atoms with van der Waals surface area (Å²) in [5.74, 6) is 0. The van der Waals surface area contributed by atoms with Gasteiger partial charge in [0.2, 0.25) is 0 Å². The van der Waals surface area contributed by atoms with Gasteiger partial charge in [-0.1, -0.05) is 158 Å².